The van der Waals surface area contributed by atoms with Gasteiger partial charge in [-0.3, -0.25) is 9.59 Å². The number of nitrogens with one attached hydrogen (secondary N) is 1. The number of aromatic nitrogens is 2. The zero-order valence-corrected chi connectivity index (χ0v) is 14.8. The average Bonchev–Trinajstić information content (AvgIpc) is 3.31. The monoisotopic (exact) mass is 352 g/mol. The number of likely N-dealkylation sites (tertiary alicyclic amines) is 1. The van der Waals surface area contributed by atoms with Crippen LogP contribution >= 0.6 is 0 Å². The number of carbonyl (C=O) groups is 2. The number of imidazole rings is 1. The molecule has 2 aromatic rings. The van der Waals surface area contributed by atoms with Gasteiger partial charge in [-0.15, -0.1) is 0 Å². The summed E-state index contributed by atoms with van der Waals surface area (Å²) in [4.78, 5) is 30.3. The van der Waals surface area contributed by atoms with Gasteiger partial charge in [0.15, 0.2) is 0 Å². The Labute approximate surface area is 153 Å². The average molecular weight is 352 g/mol. The van der Waals surface area contributed by atoms with Gasteiger partial charge in [-0.05, 0) is 25.2 Å². The third-order valence-corrected chi connectivity index (χ3v) is 5.42. The molecule has 1 aromatic heterocycles. The second-order valence-corrected chi connectivity index (χ2v) is 7.20. The highest BCUT2D eigenvalue weighted by atomic mass is 16.2. The first-order valence-electron chi connectivity index (χ1n) is 9.35. The van der Waals surface area contributed by atoms with E-state index in [2.05, 4.69) is 27.0 Å². The topological polar surface area (TPSA) is 67.2 Å². The molecule has 26 heavy (non-hydrogen) atoms. The Balaban J connectivity index is 1.34. The first-order chi connectivity index (χ1) is 12.7. The summed E-state index contributed by atoms with van der Waals surface area (Å²) < 4.78 is 2.22. The predicted molar refractivity (Wildman–Crippen MR) is 98.1 cm³/mol. The van der Waals surface area contributed by atoms with Crippen molar-refractivity contribution >= 4 is 11.8 Å². The Morgan fingerprint density at radius 3 is 2.62 bits per heavy atom. The molecule has 136 valence electrons. The molecule has 1 atom stereocenters. The number of carbonyl (C=O) groups excluding carboxylic acids is 2. The molecule has 2 saturated heterocycles. The van der Waals surface area contributed by atoms with Crippen LogP contribution in [0, 0.1) is 5.92 Å². The molecule has 4 rings (SSSR count). The minimum atomic E-state index is -0.308. The van der Waals surface area contributed by atoms with Gasteiger partial charge < -0.3 is 14.8 Å². The van der Waals surface area contributed by atoms with E-state index >= 15 is 0 Å². The number of rotatable bonds is 4. The molecule has 0 bridgehead atoms. The van der Waals surface area contributed by atoms with E-state index in [1.807, 2.05) is 35.5 Å². The van der Waals surface area contributed by atoms with Gasteiger partial charge in [0.05, 0.1) is 0 Å². The molecule has 2 aliphatic rings. The van der Waals surface area contributed by atoms with Crippen LogP contribution in [0.25, 0.3) is 11.4 Å². The van der Waals surface area contributed by atoms with Crippen molar-refractivity contribution < 1.29 is 9.59 Å². The fraction of sp³-hybridized carbons (Fsp3) is 0.450. The fourth-order valence-corrected chi connectivity index (χ4v) is 3.94. The molecule has 1 aromatic carbocycles. The zero-order chi connectivity index (χ0) is 17.9. The van der Waals surface area contributed by atoms with E-state index in [4.69, 9.17) is 0 Å². The van der Waals surface area contributed by atoms with E-state index in [1.165, 1.54) is 0 Å². The van der Waals surface area contributed by atoms with Gasteiger partial charge in [-0.25, -0.2) is 4.98 Å². The van der Waals surface area contributed by atoms with Crippen LogP contribution in [0.2, 0.25) is 0 Å². The van der Waals surface area contributed by atoms with Crippen molar-refractivity contribution in [3.05, 3.63) is 42.7 Å². The Morgan fingerprint density at radius 2 is 1.92 bits per heavy atom. The van der Waals surface area contributed by atoms with Crippen molar-refractivity contribution in [1.82, 2.24) is 19.8 Å². The third-order valence-electron chi connectivity index (χ3n) is 5.42. The summed E-state index contributed by atoms with van der Waals surface area (Å²) in [6, 6.07) is 9.92. The molecule has 1 unspecified atom stereocenters. The maximum Gasteiger partial charge on any atom is 0.245 e. The number of hydrogen-bond acceptors (Lipinski definition) is 3. The normalized spacial score (nSPS) is 21.0. The SMILES string of the molecule is O=C1CCC(C(=O)N2CCC(Cn3ccnc3-c3ccccc3)CC2)N1. The van der Waals surface area contributed by atoms with E-state index in [-0.39, 0.29) is 17.9 Å². The standard InChI is InChI=1S/C20H24N4O2/c25-18-7-6-17(22-18)20(26)23-11-8-15(9-12-23)14-24-13-10-21-19(24)16-4-2-1-3-5-16/h1-5,10,13,15,17H,6-9,11-12,14H2,(H,22,25). The van der Waals surface area contributed by atoms with E-state index in [0.717, 1.165) is 43.9 Å². The van der Waals surface area contributed by atoms with Crippen LogP contribution in [0.1, 0.15) is 25.7 Å². The summed E-state index contributed by atoms with van der Waals surface area (Å²) in [7, 11) is 0. The molecule has 1 N–H and O–H groups in total. The fourth-order valence-electron chi connectivity index (χ4n) is 3.94. The lowest BCUT2D eigenvalue weighted by Crippen LogP contribution is -2.47. The van der Waals surface area contributed by atoms with Gasteiger partial charge in [0.1, 0.15) is 11.9 Å². The van der Waals surface area contributed by atoms with Crippen molar-refractivity contribution in [2.45, 2.75) is 38.3 Å². The molecule has 2 aliphatic heterocycles. The highest BCUT2D eigenvalue weighted by Gasteiger charge is 2.32. The molecular weight excluding hydrogens is 328 g/mol. The van der Waals surface area contributed by atoms with Crippen molar-refractivity contribution in [1.29, 1.82) is 0 Å². The van der Waals surface area contributed by atoms with Crippen LogP contribution in [-0.2, 0) is 16.1 Å². The first kappa shape index (κ1) is 16.8. The van der Waals surface area contributed by atoms with Gasteiger partial charge >= 0.3 is 0 Å². The second-order valence-electron chi connectivity index (χ2n) is 7.20. The van der Waals surface area contributed by atoms with Crippen LogP contribution in [0.5, 0.6) is 0 Å². The minimum Gasteiger partial charge on any atom is -0.344 e. The third kappa shape index (κ3) is 3.49. The lowest BCUT2D eigenvalue weighted by molar-refractivity contribution is -0.135. The van der Waals surface area contributed by atoms with Gasteiger partial charge in [-0.2, -0.15) is 0 Å². The summed E-state index contributed by atoms with van der Waals surface area (Å²) in [5, 5.41) is 2.78. The number of amides is 2. The summed E-state index contributed by atoms with van der Waals surface area (Å²) in [5.41, 5.74) is 1.13. The van der Waals surface area contributed by atoms with E-state index < -0.39 is 0 Å². The van der Waals surface area contributed by atoms with Crippen molar-refractivity contribution in [3.63, 3.8) is 0 Å². The first-order valence-corrected chi connectivity index (χ1v) is 9.35. The highest BCUT2D eigenvalue weighted by molar-refractivity contribution is 5.90. The predicted octanol–water partition coefficient (Wildman–Crippen LogP) is 2.07. The van der Waals surface area contributed by atoms with Crippen LogP contribution < -0.4 is 5.32 Å². The quantitative estimate of drug-likeness (QED) is 0.916. The van der Waals surface area contributed by atoms with E-state index in [0.29, 0.717) is 18.8 Å². The molecular formula is C20H24N4O2. The summed E-state index contributed by atoms with van der Waals surface area (Å²) >= 11 is 0. The van der Waals surface area contributed by atoms with Crippen LogP contribution in [-0.4, -0.2) is 45.4 Å². The van der Waals surface area contributed by atoms with Crippen LogP contribution in [0.4, 0.5) is 0 Å². The smallest absolute Gasteiger partial charge is 0.245 e. The Hall–Kier alpha value is -2.63. The van der Waals surface area contributed by atoms with Crippen LogP contribution in [0.15, 0.2) is 42.7 Å². The van der Waals surface area contributed by atoms with Crippen molar-refractivity contribution in [2.24, 2.45) is 5.92 Å². The lowest BCUT2D eigenvalue weighted by atomic mass is 9.96. The summed E-state index contributed by atoms with van der Waals surface area (Å²) in [6.45, 7) is 2.46. The molecule has 2 amide bonds. The van der Waals surface area contributed by atoms with E-state index in [9.17, 15) is 9.59 Å². The maximum atomic E-state index is 12.5. The molecule has 6 nitrogen and oxygen atoms in total. The van der Waals surface area contributed by atoms with Crippen molar-refractivity contribution in [2.75, 3.05) is 13.1 Å². The molecule has 0 radical (unpaired) electrons. The van der Waals surface area contributed by atoms with E-state index in [1.54, 1.807) is 0 Å². The molecule has 3 heterocycles. The van der Waals surface area contributed by atoms with Gasteiger partial charge in [0.25, 0.3) is 0 Å². The maximum absolute atomic E-state index is 12.5. The Bertz CT molecular complexity index is 778. The molecule has 0 aliphatic carbocycles. The summed E-state index contributed by atoms with van der Waals surface area (Å²) in [6.07, 6.45) is 6.96. The number of benzene rings is 1. The Kier molecular flexibility index (Phi) is 4.73. The van der Waals surface area contributed by atoms with Gasteiger partial charge in [-0.1, -0.05) is 30.3 Å². The molecule has 0 spiro atoms. The Morgan fingerprint density at radius 1 is 1.15 bits per heavy atom. The molecule has 2 fully saturated rings. The zero-order valence-electron chi connectivity index (χ0n) is 14.8. The van der Waals surface area contributed by atoms with Gasteiger partial charge in [0.2, 0.25) is 11.8 Å². The summed E-state index contributed by atoms with van der Waals surface area (Å²) in [5.74, 6) is 1.61. The van der Waals surface area contributed by atoms with Crippen LogP contribution in [0.3, 0.4) is 0 Å². The second kappa shape index (κ2) is 7.32. The molecule has 0 saturated carbocycles. The largest absolute Gasteiger partial charge is 0.344 e. The number of hydrogen-bond donors (Lipinski definition) is 1. The number of piperidine rings is 1. The highest BCUT2D eigenvalue weighted by Crippen LogP contribution is 2.24. The minimum absolute atomic E-state index is 0.00761. The number of nitrogens with zero attached hydrogens (tertiary/aromatic N) is 3. The van der Waals surface area contributed by atoms with Gasteiger partial charge in [0, 0.05) is 44.0 Å². The van der Waals surface area contributed by atoms with Crippen molar-refractivity contribution in [3.8, 4) is 11.4 Å². The molecule has 6 heteroatoms. The lowest BCUT2D eigenvalue weighted by Gasteiger charge is -2.33.